The van der Waals surface area contributed by atoms with Crippen LogP contribution in [0.3, 0.4) is 0 Å². The summed E-state index contributed by atoms with van der Waals surface area (Å²) in [4.78, 5) is 14.8. The molecule has 2 atom stereocenters. The van der Waals surface area contributed by atoms with Crippen molar-refractivity contribution >= 4 is 29.1 Å². The summed E-state index contributed by atoms with van der Waals surface area (Å²) in [6.45, 7) is 1.93. The summed E-state index contributed by atoms with van der Waals surface area (Å²) >= 11 is 5.70. The van der Waals surface area contributed by atoms with Gasteiger partial charge in [0.15, 0.2) is 0 Å². The Morgan fingerprint density at radius 3 is 2.64 bits per heavy atom. The van der Waals surface area contributed by atoms with Gasteiger partial charge in [0.1, 0.15) is 16.5 Å². The van der Waals surface area contributed by atoms with Crippen LogP contribution in [-0.4, -0.2) is 40.1 Å². The summed E-state index contributed by atoms with van der Waals surface area (Å²) in [7, 11) is 0. The van der Waals surface area contributed by atoms with Crippen LogP contribution in [0.5, 0.6) is 0 Å². The lowest BCUT2D eigenvalue weighted by Gasteiger charge is -2.29. The molecule has 0 amide bonds. The van der Waals surface area contributed by atoms with Crippen LogP contribution in [-0.2, 0) is 6.18 Å². The number of pyridine rings is 1. The largest absolute Gasteiger partial charge is 0.420 e. The highest BCUT2D eigenvalue weighted by Gasteiger charge is 2.39. The number of hydrogen-bond donors (Lipinski definition) is 2. The second-order valence-corrected chi connectivity index (χ2v) is 7.90. The van der Waals surface area contributed by atoms with E-state index in [1.54, 1.807) is 0 Å². The molecule has 0 aromatic carbocycles. The third-order valence-electron chi connectivity index (χ3n) is 5.52. The number of aromatic nitrogens is 3. The first-order valence-corrected chi connectivity index (χ1v) is 9.64. The fraction of sp³-hybridized carbons (Fsp3) is 0.500. The van der Waals surface area contributed by atoms with Gasteiger partial charge in [0.05, 0.1) is 11.4 Å². The van der Waals surface area contributed by atoms with E-state index in [0.717, 1.165) is 43.9 Å². The Hall–Kier alpha value is -2.13. The topological polar surface area (TPSA) is 66.0 Å². The number of alkyl halides is 3. The fourth-order valence-corrected chi connectivity index (χ4v) is 4.21. The van der Waals surface area contributed by atoms with Crippen LogP contribution in [0.25, 0.3) is 0 Å². The van der Waals surface area contributed by atoms with Crippen molar-refractivity contribution in [2.24, 2.45) is 0 Å². The van der Waals surface area contributed by atoms with Crippen molar-refractivity contribution in [3.05, 3.63) is 34.7 Å². The van der Waals surface area contributed by atoms with Gasteiger partial charge in [-0.2, -0.15) is 13.2 Å². The molecule has 148 valence electrons. The zero-order valence-corrected chi connectivity index (χ0v) is 15.6. The number of nitrogens with zero attached hydrogens (tertiary/aromatic N) is 4. The van der Waals surface area contributed by atoms with E-state index in [1.807, 2.05) is 12.1 Å². The van der Waals surface area contributed by atoms with Gasteiger partial charge in [-0.3, -0.25) is 0 Å². The first-order chi connectivity index (χ1) is 13.4. The lowest BCUT2D eigenvalue weighted by Crippen LogP contribution is -2.44. The maximum Gasteiger partial charge on any atom is 0.420 e. The predicted octanol–water partition coefficient (Wildman–Crippen LogP) is 3.72. The summed E-state index contributed by atoms with van der Waals surface area (Å²) < 4.78 is 38.5. The molecule has 28 heavy (non-hydrogen) atoms. The quantitative estimate of drug-likeness (QED) is 0.749. The van der Waals surface area contributed by atoms with E-state index in [0.29, 0.717) is 29.9 Å². The number of halogens is 4. The maximum absolute atomic E-state index is 12.8. The van der Waals surface area contributed by atoms with Crippen LogP contribution in [0, 0.1) is 0 Å². The van der Waals surface area contributed by atoms with Crippen molar-refractivity contribution in [1.82, 2.24) is 20.3 Å². The van der Waals surface area contributed by atoms with E-state index in [1.165, 1.54) is 0 Å². The highest BCUT2D eigenvalue weighted by molar-refractivity contribution is 6.30. The Labute approximate surface area is 164 Å². The van der Waals surface area contributed by atoms with Gasteiger partial charge in [0.2, 0.25) is 5.95 Å². The Balaban J connectivity index is 1.42. The Kier molecular flexibility index (Phi) is 4.13. The van der Waals surface area contributed by atoms with Crippen molar-refractivity contribution in [2.45, 2.75) is 43.4 Å². The van der Waals surface area contributed by atoms with Gasteiger partial charge < -0.3 is 15.5 Å². The van der Waals surface area contributed by atoms with E-state index in [2.05, 4.69) is 25.5 Å². The second kappa shape index (κ2) is 6.45. The maximum atomic E-state index is 12.8. The molecule has 5 rings (SSSR count). The number of anilines is 3. The van der Waals surface area contributed by atoms with Gasteiger partial charge in [-0.1, -0.05) is 11.6 Å². The number of fused-ring (bicyclic) bond motifs is 2. The monoisotopic (exact) mass is 410 g/mol. The molecule has 2 aliphatic heterocycles. The van der Waals surface area contributed by atoms with Gasteiger partial charge in [-0.05, 0) is 31.4 Å². The van der Waals surface area contributed by atoms with Crippen molar-refractivity contribution in [2.75, 3.05) is 23.3 Å². The molecule has 0 unspecified atom stereocenters. The zero-order chi connectivity index (χ0) is 19.5. The number of hydrogen-bond acceptors (Lipinski definition) is 6. The summed E-state index contributed by atoms with van der Waals surface area (Å²) in [5.74, 6) is 1.33. The van der Waals surface area contributed by atoms with Crippen molar-refractivity contribution in [3.8, 4) is 0 Å². The Morgan fingerprint density at radius 1 is 1.21 bits per heavy atom. The lowest BCUT2D eigenvalue weighted by atomic mass is 10.2. The van der Waals surface area contributed by atoms with Crippen LogP contribution in [0.15, 0.2) is 18.3 Å². The third-order valence-corrected chi connectivity index (χ3v) is 5.81. The van der Waals surface area contributed by atoms with E-state index in [-0.39, 0.29) is 5.95 Å². The Morgan fingerprint density at radius 2 is 2.04 bits per heavy atom. The molecule has 3 aliphatic rings. The average molecular weight is 411 g/mol. The molecule has 0 radical (unpaired) electrons. The number of nitrogens with one attached hydrogen (secondary N) is 2. The van der Waals surface area contributed by atoms with Crippen LogP contribution in [0.4, 0.5) is 30.6 Å². The van der Waals surface area contributed by atoms with E-state index in [4.69, 9.17) is 16.6 Å². The summed E-state index contributed by atoms with van der Waals surface area (Å²) in [6.07, 6.45) is -0.648. The normalized spacial score (nSPS) is 24.1. The molecule has 2 N–H and O–H groups in total. The molecule has 2 bridgehead atoms. The predicted molar refractivity (Wildman–Crippen MR) is 99.1 cm³/mol. The standard InChI is InChI=1S/C18H18ClF3N6/c19-16-12(18(20,21)22)7-24-17(27-16)25-13-3-4-14(26-15(13)9-1-2-9)28-8-10-5-11(28)6-23-10/h3-4,7,9-11,23H,1-2,5-6,8H2,(H,24,25,27)/t10-,11-/m1/s1. The molecule has 2 aromatic heterocycles. The van der Waals surface area contributed by atoms with Gasteiger partial charge in [0.25, 0.3) is 0 Å². The number of piperazine rings is 1. The molecular formula is C18H18ClF3N6. The highest BCUT2D eigenvalue weighted by Crippen LogP contribution is 2.44. The van der Waals surface area contributed by atoms with E-state index in [9.17, 15) is 13.2 Å². The average Bonchev–Trinajstić information content (AvgIpc) is 3.27. The van der Waals surface area contributed by atoms with Gasteiger partial charge in [0, 0.05) is 37.3 Å². The van der Waals surface area contributed by atoms with Gasteiger partial charge >= 0.3 is 6.18 Å². The lowest BCUT2D eigenvalue weighted by molar-refractivity contribution is -0.137. The number of rotatable bonds is 4. The molecule has 3 fully saturated rings. The molecule has 1 aliphatic carbocycles. The smallest absolute Gasteiger partial charge is 0.351 e. The van der Waals surface area contributed by atoms with Crippen molar-refractivity contribution < 1.29 is 13.2 Å². The Bertz CT molecular complexity index is 917. The van der Waals surface area contributed by atoms with Crippen LogP contribution < -0.4 is 15.5 Å². The molecular weight excluding hydrogens is 393 g/mol. The molecule has 2 aromatic rings. The zero-order valence-electron chi connectivity index (χ0n) is 14.8. The first-order valence-electron chi connectivity index (χ1n) is 9.26. The SMILES string of the molecule is FC(F)(F)c1cnc(Nc2ccc(N3C[C@H]4C[C@@H]3CN4)nc2C2CC2)nc1Cl. The van der Waals surface area contributed by atoms with E-state index >= 15 is 0 Å². The van der Waals surface area contributed by atoms with E-state index < -0.39 is 16.9 Å². The summed E-state index contributed by atoms with van der Waals surface area (Å²) in [5.41, 5.74) is 0.575. The van der Waals surface area contributed by atoms with Gasteiger partial charge in [-0.15, -0.1) is 0 Å². The van der Waals surface area contributed by atoms with Gasteiger partial charge in [-0.25, -0.2) is 15.0 Å². The summed E-state index contributed by atoms with van der Waals surface area (Å²) in [6, 6.07) is 4.85. The van der Waals surface area contributed by atoms with Crippen LogP contribution >= 0.6 is 11.6 Å². The highest BCUT2D eigenvalue weighted by atomic mass is 35.5. The fourth-order valence-electron chi connectivity index (χ4n) is 3.97. The minimum absolute atomic E-state index is 0.0267. The van der Waals surface area contributed by atoms with Crippen molar-refractivity contribution in [3.63, 3.8) is 0 Å². The van der Waals surface area contributed by atoms with Crippen molar-refractivity contribution in [1.29, 1.82) is 0 Å². The molecule has 4 heterocycles. The minimum atomic E-state index is -4.58. The summed E-state index contributed by atoms with van der Waals surface area (Å²) in [5, 5.41) is 5.85. The molecule has 1 saturated carbocycles. The first kappa shape index (κ1) is 17.9. The van der Waals surface area contributed by atoms with Crippen LogP contribution in [0.1, 0.15) is 36.4 Å². The molecule has 10 heteroatoms. The molecule has 0 spiro atoms. The third kappa shape index (κ3) is 3.26. The minimum Gasteiger partial charge on any atom is -0.351 e. The second-order valence-electron chi connectivity index (χ2n) is 7.54. The molecule has 2 saturated heterocycles. The van der Waals surface area contributed by atoms with Crippen LogP contribution in [0.2, 0.25) is 5.15 Å². The molecule has 6 nitrogen and oxygen atoms in total.